The number of aromatic nitrogens is 3. The fourth-order valence-electron chi connectivity index (χ4n) is 1.92. The fraction of sp³-hybridized carbons (Fsp3) is 0.500. The lowest BCUT2D eigenvalue weighted by atomic mass is 10.2. The molecule has 0 aliphatic carbocycles. The third kappa shape index (κ3) is 5.19. The zero-order valence-electron chi connectivity index (χ0n) is 13.0. The summed E-state index contributed by atoms with van der Waals surface area (Å²) in [5.41, 5.74) is 2.27. The predicted molar refractivity (Wildman–Crippen MR) is 83.3 cm³/mol. The maximum atomic E-state index is 5.71. The minimum Gasteiger partial charge on any atom is -0.492 e. The number of hydrogen-bond donors (Lipinski definition) is 1. The fourth-order valence-corrected chi connectivity index (χ4v) is 1.92. The van der Waals surface area contributed by atoms with Crippen molar-refractivity contribution in [3.63, 3.8) is 0 Å². The Morgan fingerprint density at radius 3 is 2.67 bits per heavy atom. The minimum atomic E-state index is 0.449. The van der Waals surface area contributed by atoms with Crippen molar-refractivity contribution in [3.8, 4) is 5.75 Å². The van der Waals surface area contributed by atoms with Gasteiger partial charge in [0.25, 0.3) is 0 Å². The molecule has 0 amide bonds. The van der Waals surface area contributed by atoms with Gasteiger partial charge in [0.05, 0.1) is 12.2 Å². The smallest absolute Gasteiger partial charge is 0.119 e. The lowest BCUT2D eigenvalue weighted by Crippen LogP contribution is -2.21. The van der Waals surface area contributed by atoms with Gasteiger partial charge in [-0.05, 0) is 24.1 Å². The summed E-state index contributed by atoms with van der Waals surface area (Å²) in [5, 5.41) is 11.6. The van der Waals surface area contributed by atoms with E-state index in [4.69, 9.17) is 4.74 Å². The van der Waals surface area contributed by atoms with E-state index in [-0.39, 0.29) is 0 Å². The molecular formula is C16H24N4O. The molecule has 21 heavy (non-hydrogen) atoms. The van der Waals surface area contributed by atoms with Crippen LogP contribution in [0.1, 0.15) is 32.0 Å². The molecule has 0 unspecified atom stereocenters. The third-order valence-corrected chi connectivity index (χ3v) is 3.20. The number of nitrogens with one attached hydrogen (secondary N) is 1. The van der Waals surface area contributed by atoms with Crippen LogP contribution in [0.3, 0.4) is 0 Å². The first kappa shape index (κ1) is 15.5. The molecule has 1 heterocycles. The van der Waals surface area contributed by atoms with Gasteiger partial charge in [0, 0.05) is 18.8 Å². The second kappa shape index (κ2) is 7.78. The zero-order valence-corrected chi connectivity index (χ0v) is 13.0. The molecule has 1 N–H and O–H groups in total. The topological polar surface area (TPSA) is 52.0 Å². The number of rotatable bonds is 8. The summed E-state index contributed by atoms with van der Waals surface area (Å²) >= 11 is 0. The standard InChI is InChI=1S/C16H24N4O/c1-4-14-5-7-16(8-6-14)21-10-9-20-12-15(18-19-20)11-17-13(2)3/h5-8,12-13,17H,4,9-11H2,1-3H3. The second-order valence-electron chi connectivity index (χ2n) is 5.35. The van der Waals surface area contributed by atoms with E-state index in [2.05, 4.69) is 48.5 Å². The highest BCUT2D eigenvalue weighted by Crippen LogP contribution is 2.12. The van der Waals surface area contributed by atoms with Gasteiger partial charge in [-0.15, -0.1) is 5.10 Å². The van der Waals surface area contributed by atoms with Crippen LogP contribution in [0.2, 0.25) is 0 Å². The number of nitrogens with zero attached hydrogens (tertiary/aromatic N) is 3. The molecule has 0 radical (unpaired) electrons. The van der Waals surface area contributed by atoms with Crippen LogP contribution in [0.4, 0.5) is 0 Å². The molecule has 0 saturated carbocycles. The molecule has 1 aromatic carbocycles. The molecule has 1 aromatic heterocycles. The molecule has 0 bridgehead atoms. The van der Waals surface area contributed by atoms with Gasteiger partial charge in [0.15, 0.2) is 0 Å². The normalized spacial score (nSPS) is 11.0. The van der Waals surface area contributed by atoms with E-state index in [1.807, 2.05) is 23.0 Å². The van der Waals surface area contributed by atoms with Gasteiger partial charge in [-0.2, -0.15) is 0 Å². The molecular weight excluding hydrogens is 264 g/mol. The highest BCUT2D eigenvalue weighted by atomic mass is 16.5. The average molecular weight is 288 g/mol. The Morgan fingerprint density at radius 2 is 2.00 bits per heavy atom. The van der Waals surface area contributed by atoms with Crippen LogP contribution in [0.15, 0.2) is 30.5 Å². The van der Waals surface area contributed by atoms with Crippen LogP contribution in [-0.4, -0.2) is 27.6 Å². The summed E-state index contributed by atoms with van der Waals surface area (Å²) in [5.74, 6) is 0.897. The van der Waals surface area contributed by atoms with Crippen LogP contribution >= 0.6 is 0 Å². The molecule has 2 aromatic rings. The summed E-state index contributed by atoms with van der Waals surface area (Å²) in [6.45, 7) is 8.41. The maximum absolute atomic E-state index is 5.71. The van der Waals surface area contributed by atoms with Crippen LogP contribution in [0, 0.1) is 0 Å². The number of ether oxygens (including phenoxy) is 1. The lowest BCUT2D eigenvalue weighted by Gasteiger charge is -2.06. The Balaban J connectivity index is 1.75. The second-order valence-corrected chi connectivity index (χ2v) is 5.35. The van der Waals surface area contributed by atoms with Crippen molar-refractivity contribution in [2.45, 2.75) is 46.3 Å². The summed E-state index contributed by atoms with van der Waals surface area (Å²) < 4.78 is 7.53. The van der Waals surface area contributed by atoms with Gasteiger partial charge in [-0.3, -0.25) is 0 Å². The van der Waals surface area contributed by atoms with Crippen molar-refractivity contribution in [3.05, 3.63) is 41.7 Å². The largest absolute Gasteiger partial charge is 0.492 e. The number of hydrogen-bond acceptors (Lipinski definition) is 4. The molecule has 0 atom stereocenters. The van der Waals surface area contributed by atoms with Crippen molar-refractivity contribution in [1.29, 1.82) is 0 Å². The molecule has 0 spiro atoms. The Morgan fingerprint density at radius 1 is 1.24 bits per heavy atom. The Hall–Kier alpha value is -1.88. The van der Waals surface area contributed by atoms with Gasteiger partial charge < -0.3 is 10.1 Å². The maximum Gasteiger partial charge on any atom is 0.119 e. The van der Waals surface area contributed by atoms with Crippen molar-refractivity contribution in [1.82, 2.24) is 20.3 Å². The SMILES string of the molecule is CCc1ccc(OCCn2cc(CNC(C)C)nn2)cc1. The van der Waals surface area contributed by atoms with E-state index in [9.17, 15) is 0 Å². The monoisotopic (exact) mass is 288 g/mol. The van der Waals surface area contributed by atoms with E-state index in [0.717, 1.165) is 24.4 Å². The van der Waals surface area contributed by atoms with Crippen molar-refractivity contribution >= 4 is 0 Å². The van der Waals surface area contributed by atoms with Gasteiger partial charge >= 0.3 is 0 Å². The molecule has 0 fully saturated rings. The van der Waals surface area contributed by atoms with Gasteiger partial charge in [-0.25, -0.2) is 4.68 Å². The summed E-state index contributed by atoms with van der Waals surface area (Å²) in [6.07, 6.45) is 3.01. The van der Waals surface area contributed by atoms with Crippen molar-refractivity contribution in [2.24, 2.45) is 0 Å². The van der Waals surface area contributed by atoms with Crippen molar-refractivity contribution < 1.29 is 4.74 Å². The summed E-state index contributed by atoms with van der Waals surface area (Å²) in [7, 11) is 0. The van der Waals surface area contributed by atoms with Gasteiger partial charge in [0.1, 0.15) is 12.4 Å². The van der Waals surface area contributed by atoms with E-state index in [1.165, 1.54) is 5.56 Å². The van der Waals surface area contributed by atoms with E-state index in [0.29, 0.717) is 19.2 Å². The lowest BCUT2D eigenvalue weighted by molar-refractivity contribution is 0.289. The molecule has 114 valence electrons. The molecule has 0 aliphatic heterocycles. The van der Waals surface area contributed by atoms with E-state index >= 15 is 0 Å². The van der Waals surface area contributed by atoms with Gasteiger partial charge in [-0.1, -0.05) is 38.1 Å². The predicted octanol–water partition coefficient (Wildman–Crippen LogP) is 2.42. The van der Waals surface area contributed by atoms with Crippen molar-refractivity contribution in [2.75, 3.05) is 6.61 Å². The average Bonchev–Trinajstić information content (AvgIpc) is 2.94. The van der Waals surface area contributed by atoms with Gasteiger partial charge in [0.2, 0.25) is 0 Å². The van der Waals surface area contributed by atoms with Crippen LogP contribution in [-0.2, 0) is 19.5 Å². The summed E-state index contributed by atoms with van der Waals surface area (Å²) in [4.78, 5) is 0. The highest BCUT2D eigenvalue weighted by molar-refractivity contribution is 5.27. The highest BCUT2D eigenvalue weighted by Gasteiger charge is 2.02. The Kier molecular flexibility index (Phi) is 5.75. The van der Waals surface area contributed by atoms with E-state index in [1.54, 1.807) is 0 Å². The molecule has 0 saturated heterocycles. The first-order valence-electron chi connectivity index (χ1n) is 7.51. The van der Waals surface area contributed by atoms with Crippen LogP contribution < -0.4 is 10.1 Å². The Labute approximate surface area is 126 Å². The van der Waals surface area contributed by atoms with Crippen LogP contribution in [0.5, 0.6) is 5.75 Å². The number of benzene rings is 1. The molecule has 5 nitrogen and oxygen atoms in total. The third-order valence-electron chi connectivity index (χ3n) is 3.20. The van der Waals surface area contributed by atoms with E-state index < -0.39 is 0 Å². The Bertz CT molecular complexity index is 533. The quantitative estimate of drug-likeness (QED) is 0.810. The zero-order chi connectivity index (χ0) is 15.1. The van der Waals surface area contributed by atoms with Crippen LogP contribution in [0.25, 0.3) is 0 Å². The molecule has 2 rings (SSSR count). The first-order valence-corrected chi connectivity index (χ1v) is 7.51. The molecule has 0 aliphatic rings. The summed E-state index contributed by atoms with van der Waals surface area (Å²) in [6, 6.07) is 8.67. The minimum absolute atomic E-state index is 0.449. The first-order chi connectivity index (χ1) is 10.2. The molecule has 5 heteroatoms. The number of aryl methyl sites for hydroxylation is 1.